The van der Waals surface area contributed by atoms with Gasteiger partial charge < -0.3 is 14.6 Å². The van der Waals surface area contributed by atoms with Gasteiger partial charge in [-0.1, -0.05) is 18.6 Å². The maximum Gasteiger partial charge on any atom is 0.156 e. The average Bonchev–Trinajstić information content (AvgIpc) is 2.27. The predicted octanol–water partition coefficient (Wildman–Crippen LogP) is 2.49. The molecule has 0 aliphatic heterocycles. The molecule has 0 unspecified atom stereocenters. The number of aliphatic hydroxyl groups excluding tert-OH is 1. The van der Waals surface area contributed by atoms with Gasteiger partial charge in [-0.15, -0.1) is 0 Å². The number of methoxy groups -OCH3 is 2. The van der Waals surface area contributed by atoms with Crippen LogP contribution in [0.15, 0.2) is 12.2 Å². The van der Waals surface area contributed by atoms with E-state index in [0.717, 1.165) is 25.7 Å². The van der Waals surface area contributed by atoms with Gasteiger partial charge in [-0.2, -0.15) is 0 Å². The summed E-state index contributed by atoms with van der Waals surface area (Å²) in [5.74, 6) is 0. The molecule has 0 aromatic heterocycles. The summed E-state index contributed by atoms with van der Waals surface area (Å²) in [6, 6.07) is 0. The zero-order valence-electron chi connectivity index (χ0n) is 9.95. The number of rotatable bonds is 10. The molecule has 0 fully saturated rings. The van der Waals surface area contributed by atoms with Gasteiger partial charge in [0.15, 0.2) is 6.29 Å². The Labute approximate surface area is 93.1 Å². The third kappa shape index (κ3) is 9.91. The fourth-order valence-electron chi connectivity index (χ4n) is 1.39. The van der Waals surface area contributed by atoms with Crippen LogP contribution >= 0.6 is 0 Å². The molecule has 0 aliphatic rings. The summed E-state index contributed by atoms with van der Waals surface area (Å²) < 4.78 is 10.2. The minimum absolute atomic E-state index is 0.0464. The Morgan fingerprint density at radius 3 is 2.27 bits per heavy atom. The van der Waals surface area contributed by atoms with Crippen LogP contribution in [0.4, 0.5) is 0 Å². The van der Waals surface area contributed by atoms with Crippen LogP contribution in [0.5, 0.6) is 0 Å². The first-order valence-corrected chi connectivity index (χ1v) is 5.66. The third-order valence-corrected chi connectivity index (χ3v) is 2.30. The van der Waals surface area contributed by atoms with Crippen molar-refractivity contribution in [2.45, 2.75) is 44.8 Å². The Morgan fingerprint density at radius 2 is 1.67 bits per heavy atom. The highest BCUT2D eigenvalue weighted by atomic mass is 16.7. The second-order valence-electron chi connectivity index (χ2n) is 3.52. The number of allylic oxidation sites excluding steroid dienone is 1. The molecule has 0 saturated carbocycles. The molecule has 0 aliphatic carbocycles. The van der Waals surface area contributed by atoms with E-state index < -0.39 is 0 Å². The van der Waals surface area contributed by atoms with E-state index in [4.69, 9.17) is 14.6 Å². The molecule has 90 valence electrons. The molecule has 3 nitrogen and oxygen atoms in total. The van der Waals surface area contributed by atoms with Crippen molar-refractivity contribution in [3.8, 4) is 0 Å². The lowest BCUT2D eigenvalue weighted by molar-refractivity contribution is -0.107. The average molecular weight is 216 g/mol. The number of hydrogen-bond donors (Lipinski definition) is 1. The van der Waals surface area contributed by atoms with Crippen molar-refractivity contribution in [2.75, 3.05) is 20.8 Å². The van der Waals surface area contributed by atoms with Crippen molar-refractivity contribution in [3.05, 3.63) is 12.2 Å². The highest BCUT2D eigenvalue weighted by Gasteiger charge is 2.02. The zero-order chi connectivity index (χ0) is 11.4. The summed E-state index contributed by atoms with van der Waals surface area (Å²) in [6.45, 7) is 0.250. The normalized spacial score (nSPS) is 11.7. The molecule has 0 radical (unpaired) electrons. The summed E-state index contributed by atoms with van der Waals surface area (Å²) in [5, 5.41) is 8.54. The zero-order valence-corrected chi connectivity index (χ0v) is 9.95. The van der Waals surface area contributed by atoms with E-state index in [9.17, 15) is 0 Å². The minimum Gasteiger partial charge on any atom is -0.396 e. The first-order chi connectivity index (χ1) is 7.35. The number of ether oxygens (including phenoxy) is 2. The van der Waals surface area contributed by atoms with Crippen LogP contribution in [0.3, 0.4) is 0 Å². The fraction of sp³-hybridized carbons (Fsp3) is 0.833. The maximum atomic E-state index is 8.54. The standard InChI is InChI=1S/C12H24O3/c1-14-12(15-2)10-8-6-4-3-5-7-9-11-13/h5,7,12-13H,3-4,6,8-11H2,1-2H3/b7-5-. The summed E-state index contributed by atoms with van der Waals surface area (Å²) in [6.07, 6.45) is 10.5. The lowest BCUT2D eigenvalue weighted by Crippen LogP contribution is -2.12. The molecule has 0 saturated heterocycles. The summed E-state index contributed by atoms with van der Waals surface area (Å²) in [5.41, 5.74) is 0. The van der Waals surface area contributed by atoms with E-state index in [2.05, 4.69) is 6.08 Å². The molecule has 0 spiro atoms. The lowest BCUT2D eigenvalue weighted by atomic mass is 10.1. The Hall–Kier alpha value is -0.380. The Balaban J connectivity index is 3.17. The lowest BCUT2D eigenvalue weighted by Gasteiger charge is -2.12. The first-order valence-electron chi connectivity index (χ1n) is 5.66. The molecular weight excluding hydrogens is 192 g/mol. The van der Waals surface area contributed by atoms with Gasteiger partial charge in [-0.05, 0) is 32.1 Å². The SMILES string of the molecule is COC(CCCCC/C=C\CCO)OC. The van der Waals surface area contributed by atoms with Gasteiger partial charge >= 0.3 is 0 Å². The molecule has 0 rings (SSSR count). The van der Waals surface area contributed by atoms with Crippen molar-refractivity contribution in [2.24, 2.45) is 0 Å². The Kier molecular flexibility index (Phi) is 11.4. The molecule has 3 heteroatoms. The van der Waals surface area contributed by atoms with Gasteiger partial charge in [0, 0.05) is 20.8 Å². The van der Waals surface area contributed by atoms with Gasteiger partial charge in [-0.25, -0.2) is 0 Å². The predicted molar refractivity (Wildman–Crippen MR) is 61.7 cm³/mol. The van der Waals surface area contributed by atoms with Crippen molar-refractivity contribution in [3.63, 3.8) is 0 Å². The highest BCUT2D eigenvalue weighted by molar-refractivity contribution is 4.80. The topological polar surface area (TPSA) is 38.7 Å². The first kappa shape index (κ1) is 14.6. The van der Waals surface area contributed by atoms with E-state index in [1.807, 2.05) is 6.08 Å². The number of aliphatic hydroxyl groups is 1. The Bertz CT molecular complexity index is 142. The van der Waals surface area contributed by atoms with Crippen LogP contribution in [0, 0.1) is 0 Å². The minimum atomic E-state index is -0.0464. The second-order valence-corrected chi connectivity index (χ2v) is 3.52. The third-order valence-electron chi connectivity index (χ3n) is 2.30. The van der Waals surface area contributed by atoms with E-state index in [1.165, 1.54) is 12.8 Å². The smallest absolute Gasteiger partial charge is 0.156 e. The molecule has 0 bridgehead atoms. The van der Waals surface area contributed by atoms with Crippen molar-refractivity contribution >= 4 is 0 Å². The molecular formula is C12H24O3. The van der Waals surface area contributed by atoms with Crippen LogP contribution in [0.2, 0.25) is 0 Å². The second kappa shape index (κ2) is 11.7. The van der Waals surface area contributed by atoms with E-state index in [1.54, 1.807) is 14.2 Å². The van der Waals surface area contributed by atoms with Crippen molar-refractivity contribution < 1.29 is 14.6 Å². The van der Waals surface area contributed by atoms with Gasteiger partial charge in [0.2, 0.25) is 0 Å². The highest BCUT2D eigenvalue weighted by Crippen LogP contribution is 2.08. The number of unbranched alkanes of at least 4 members (excludes halogenated alkanes) is 3. The fourth-order valence-corrected chi connectivity index (χ4v) is 1.39. The molecule has 0 atom stereocenters. The molecule has 0 aromatic rings. The Morgan fingerprint density at radius 1 is 1.00 bits per heavy atom. The van der Waals surface area contributed by atoms with Gasteiger partial charge in [0.25, 0.3) is 0 Å². The van der Waals surface area contributed by atoms with E-state index in [-0.39, 0.29) is 12.9 Å². The van der Waals surface area contributed by atoms with Crippen LogP contribution in [0.25, 0.3) is 0 Å². The van der Waals surface area contributed by atoms with E-state index >= 15 is 0 Å². The quantitative estimate of drug-likeness (QED) is 0.346. The van der Waals surface area contributed by atoms with Crippen LogP contribution < -0.4 is 0 Å². The molecule has 1 N–H and O–H groups in total. The molecule has 0 amide bonds. The molecule has 0 aromatic carbocycles. The van der Waals surface area contributed by atoms with Crippen molar-refractivity contribution in [1.29, 1.82) is 0 Å². The summed E-state index contributed by atoms with van der Waals surface area (Å²) in [4.78, 5) is 0. The van der Waals surface area contributed by atoms with Crippen LogP contribution in [-0.2, 0) is 9.47 Å². The van der Waals surface area contributed by atoms with Gasteiger partial charge in [0.05, 0.1) is 0 Å². The van der Waals surface area contributed by atoms with Crippen molar-refractivity contribution in [1.82, 2.24) is 0 Å². The summed E-state index contributed by atoms with van der Waals surface area (Å²) >= 11 is 0. The van der Waals surface area contributed by atoms with Crippen LogP contribution in [0.1, 0.15) is 38.5 Å². The monoisotopic (exact) mass is 216 g/mol. The molecule has 0 heterocycles. The number of hydrogen-bond acceptors (Lipinski definition) is 3. The van der Waals surface area contributed by atoms with Gasteiger partial charge in [0.1, 0.15) is 0 Å². The van der Waals surface area contributed by atoms with E-state index in [0.29, 0.717) is 0 Å². The van der Waals surface area contributed by atoms with Gasteiger partial charge in [-0.3, -0.25) is 0 Å². The van der Waals surface area contributed by atoms with Crippen LogP contribution in [-0.4, -0.2) is 32.2 Å². The summed E-state index contributed by atoms with van der Waals surface area (Å²) in [7, 11) is 3.34. The maximum absolute atomic E-state index is 8.54. The largest absolute Gasteiger partial charge is 0.396 e. The molecule has 15 heavy (non-hydrogen) atoms.